The smallest absolute Gasteiger partial charge is 0.238 e. The lowest BCUT2D eigenvalue weighted by Crippen LogP contribution is -2.39. The van der Waals surface area contributed by atoms with Gasteiger partial charge in [0.05, 0.1) is 11.4 Å². The maximum Gasteiger partial charge on any atom is 0.238 e. The van der Waals surface area contributed by atoms with E-state index in [1.165, 1.54) is 17.7 Å². The average Bonchev–Trinajstić information content (AvgIpc) is 3.11. The summed E-state index contributed by atoms with van der Waals surface area (Å²) in [6.45, 7) is 6.19. The molecule has 0 spiro atoms. The van der Waals surface area contributed by atoms with Crippen LogP contribution < -0.4 is 15.8 Å². The second kappa shape index (κ2) is 10.9. The van der Waals surface area contributed by atoms with Gasteiger partial charge in [0.1, 0.15) is 0 Å². The minimum absolute atomic E-state index is 0. The molecule has 6 nitrogen and oxygen atoms in total. The van der Waals surface area contributed by atoms with E-state index < -0.39 is 10.0 Å². The number of nitrogens with zero attached hydrogens (tertiary/aromatic N) is 1. The molecule has 0 aliphatic carbocycles. The predicted molar refractivity (Wildman–Crippen MR) is 119 cm³/mol. The van der Waals surface area contributed by atoms with Crippen molar-refractivity contribution in [3.63, 3.8) is 0 Å². The normalized spacial score (nSPS) is 13.0. The Hall–Kier alpha value is -1.17. The Balaban J connectivity index is 0.00000338. The van der Waals surface area contributed by atoms with Crippen molar-refractivity contribution in [1.29, 1.82) is 0 Å². The second-order valence-electron chi connectivity index (χ2n) is 5.72. The average molecular weight is 508 g/mol. The summed E-state index contributed by atoms with van der Waals surface area (Å²) in [7, 11) is -3.66. The molecule has 26 heavy (non-hydrogen) atoms. The monoisotopic (exact) mass is 508 g/mol. The van der Waals surface area contributed by atoms with Crippen LogP contribution in [0.4, 0.5) is 0 Å². The lowest BCUT2D eigenvalue weighted by Gasteiger charge is -2.15. The van der Waals surface area contributed by atoms with Crippen LogP contribution in [0, 0.1) is 0 Å². The molecular formula is C17H25IN4O2S2. The van der Waals surface area contributed by atoms with Gasteiger partial charge in [0.2, 0.25) is 10.0 Å². The van der Waals surface area contributed by atoms with E-state index in [2.05, 4.69) is 39.4 Å². The maximum atomic E-state index is 11.3. The highest BCUT2D eigenvalue weighted by atomic mass is 127. The third kappa shape index (κ3) is 7.22. The number of guanidine groups is 1. The van der Waals surface area contributed by atoms with Gasteiger partial charge in [-0.05, 0) is 52.9 Å². The fraction of sp³-hybridized carbons (Fsp3) is 0.353. The number of sulfonamides is 1. The zero-order chi connectivity index (χ0) is 18.3. The molecule has 0 aliphatic heterocycles. The summed E-state index contributed by atoms with van der Waals surface area (Å²) < 4.78 is 22.5. The molecule has 0 saturated heterocycles. The van der Waals surface area contributed by atoms with Crippen molar-refractivity contribution in [2.24, 2.45) is 10.1 Å². The summed E-state index contributed by atoms with van der Waals surface area (Å²) in [5, 5.41) is 15.9. The lowest BCUT2D eigenvalue weighted by atomic mass is 10.1. The first-order valence-electron chi connectivity index (χ1n) is 8.06. The number of nitrogens with one attached hydrogen (secondary N) is 2. The summed E-state index contributed by atoms with van der Waals surface area (Å²) in [5.41, 5.74) is 2.22. The SMILES string of the molecule is CCNC(=NCc1ccc(S(N)(=O)=O)cc1)NCC(C)c1ccsc1.I. The summed E-state index contributed by atoms with van der Waals surface area (Å²) >= 11 is 1.70. The van der Waals surface area contributed by atoms with Crippen molar-refractivity contribution in [3.05, 3.63) is 52.2 Å². The van der Waals surface area contributed by atoms with E-state index in [4.69, 9.17) is 5.14 Å². The van der Waals surface area contributed by atoms with E-state index in [9.17, 15) is 8.42 Å². The lowest BCUT2D eigenvalue weighted by molar-refractivity contribution is 0.598. The quantitative estimate of drug-likeness (QED) is 0.305. The van der Waals surface area contributed by atoms with Crippen molar-refractivity contribution < 1.29 is 8.42 Å². The molecule has 1 unspecified atom stereocenters. The highest BCUT2D eigenvalue weighted by Crippen LogP contribution is 2.17. The second-order valence-corrected chi connectivity index (χ2v) is 8.06. The number of primary sulfonamides is 1. The van der Waals surface area contributed by atoms with Crippen LogP contribution >= 0.6 is 35.3 Å². The molecule has 1 heterocycles. The Kier molecular flexibility index (Phi) is 9.55. The van der Waals surface area contributed by atoms with E-state index in [0.717, 1.165) is 24.6 Å². The molecule has 1 atom stereocenters. The molecule has 1 aromatic heterocycles. The number of aliphatic imine (C=N–C) groups is 1. The summed E-state index contributed by atoms with van der Waals surface area (Å²) in [4.78, 5) is 4.65. The van der Waals surface area contributed by atoms with E-state index in [1.807, 2.05) is 6.92 Å². The zero-order valence-corrected chi connectivity index (χ0v) is 18.8. The van der Waals surface area contributed by atoms with Crippen LogP contribution in [0.3, 0.4) is 0 Å². The number of rotatable bonds is 7. The fourth-order valence-corrected chi connectivity index (χ4v) is 3.52. The van der Waals surface area contributed by atoms with Gasteiger partial charge < -0.3 is 10.6 Å². The summed E-state index contributed by atoms with van der Waals surface area (Å²) in [5.74, 6) is 1.13. The molecular weight excluding hydrogens is 483 g/mol. The number of thiophene rings is 1. The molecule has 2 aromatic rings. The largest absolute Gasteiger partial charge is 0.357 e. The van der Waals surface area contributed by atoms with Gasteiger partial charge >= 0.3 is 0 Å². The first kappa shape index (κ1) is 22.9. The zero-order valence-electron chi connectivity index (χ0n) is 14.8. The highest BCUT2D eigenvalue weighted by Gasteiger charge is 2.08. The molecule has 0 aliphatic rings. The van der Waals surface area contributed by atoms with E-state index in [-0.39, 0.29) is 28.9 Å². The molecule has 4 N–H and O–H groups in total. The molecule has 144 valence electrons. The van der Waals surface area contributed by atoms with Crippen molar-refractivity contribution in [2.45, 2.75) is 31.2 Å². The molecule has 1 aromatic carbocycles. The third-order valence-corrected chi connectivity index (χ3v) is 5.33. The Morgan fingerprint density at radius 1 is 1.23 bits per heavy atom. The van der Waals surface area contributed by atoms with Crippen molar-refractivity contribution >= 4 is 51.3 Å². The Morgan fingerprint density at radius 2 is 1.92 bits per heavy atom. The van der Waals surface area contributed by atoms with Gasteiger partial charge in [0, 0.05) is 13.1 Å². The summed E-state index contributed by atoms with van der Waals surface area (Å²) in [6, 6.07) is 8.58. The number of hydrogen-bond acceptors (Lipinski definition) is 4. The molecule has 0 amide bonds. The van der Waals surface area contributed by atoms with Crippen LogP contribution in [0.5, 0.6) is 0 Å². The highest BCUT2D eigenvalue weighted by molar-refractivity contribution is 14.0. The molecule has 0 radical (unpaired) electrons. The van der Waals surface area contributed by atoms with Gasteiger partial charge in [0.15, 0.2) is 5.96 Å². The first-order valence-corrected chi connectivity index (χ1v) is 10.5. The number of benzene rings is 1. The van der Waals surface area contributed by atoms with Gasteiger partial charge in [-0.1, -0.05) is 19.1 Å². The minimum atomic E-state index is -3.66. The molecule has 2 rings (SSSR count). The third-order valence-electron chi connectivity index (χ3n) is 3.70. The Labute approximate surface area is 176 Å². The van der Waals surface area contributed by atoms with Crippen LogP contribution in [0.1, 0.15) is 30.9 Å². The van der Waals surface area contributed by atoms with Gasteiger partial charge in [-0.3, -0.25) is 0 Å². The van der Waals surface area contributed by atoms with Crippen LogP contribution in [0.25, 0.3) is 0 Å². The predicted octanol–water partition coefficient (Wildman–Crippen LogP) is 2.87. The molecule has 0 fully saturated rings. The van der Waals surface area contributed by atoms with Gasteiger partial charge in [-0.2, -0.15) is 11.3 Å². The van der Waals surface area contributed by atoms with Crippen LogP contribution in [0.2, 0.25) is 0 Å². The summed E-state index contributed by atoms with van der Waals surface area (Å²) in [6.07, 6.45) is 0. The first-order chi connectivity index (χ1) is 11.9. The van der Waals surface area contributed by atoms with Gasteiger partial charge in [-0.25, -0.2) is 18.5 Å². The van der Waals surface area contributed by atoms with E-state index >= 15 is 0 Å². The Bertz CT molecular complexity index is 791. The van der Waals surface area contributed by atoms with Gasteiger partial charge in [0.25, 0.3) is 0 Å². The van der Waals surface area contributed by atoms with Crippen LogP contribution in [0.15, 0.2) is 51.0 Å². The van der Waals surface area contributed by atoms with Crippen molar-refractivity contribution in [3.8, 4) is 0 Å². The minimum Gasteiger partial charge on any atom is -0.357 e. The molecule has 9 heteroatoms. The standard InChI is InChI=1S/C17H24N4O2S2.HI/c1-3-19-17(20-10-13(2)15-8-9-24-12-15)21-11-14-4-6-16(7-5-14)25(18,22)23;/h4-9,12-13H,3,10-11H2,1-2H3,(H2,18,22,23)(H2,19,20,21);1H. The molecule has 0 saturated carbocycles. The van der Waals surface area contributed by atoms with Crippen LogP contribution in [-0.2, 0) is 16.6 Å². The fourth-order valence-electron chi connectivity index (χ4n) is 2.22. The van der Waals surface area contributed by atoms with Gasteiger partial charge in [-0.15, -0.1) is 24.0 Å². The Morgan fingerprint density at radius 3 is 2.46 bits per heavy atom. The number of halogens is 1. The van der Waals surface area contributed by atoms with Crippen LogP contribution in [-0.4, -0.2) is 27.5 Å². The number of hydrogen-bond donors (Lipinski definition) is 3. The van der Waals surface area contributed by atoms with E-state index in [1.54, 1.807) is 23.5 Å². The number of nitrogens with two attached hydrogens (primary N) is 1. The van der Waals surface area contributed by atoms with Crippen molar-refractivity contribution in [1.82, 2.24) is 10.6 Å². The topological polar surface area (TPSA) is 96.6 Å². The van der Waals surface area contributed by atoms with Crippen molar-refractivity contribution in [2.75, 3.05) is 13.1 Å². The van der Waals surface area contributed by atoms with E-state index in [0.29, 0.717) is 12.5 Å². The maximum absolute atomic E-state index is 11.3. The molecule has 0 bridgehead atoms.